The lowest BCUT2D eigenvalue weighted by Crippen LogP contribution is -2.26. The lowest BCUT2D eigenvalue weighted by atomic mass is 10.1. The summed E-state index contributed by atoms with van der Waals surface area (Å²) < 4.78 is 0. The molecule has 20 heavy (non-hydrogen) atoms. The smallest absolute Gasteiger partial charge is 0.251 e. The van der Waals surface area contributed by atoms with Crippen LogP contribution in [0.3, 0.4) is 0 Å². The van der Waals surface area contributed by atoms with Gasteiger partial charge in [-0.05, 0) is 18.6 Å². The molecule has 0 aliphatic heterocycles. The van der Waals surface area contributed by atoms with Crippen LogP contribution in [0, 0.1) is 0 Å². The lowest BCUT2D eigenvalue weighted by Gasteiger charge is -2.06. The average Bonchev–Trinajstić information content (AvgIpc) is 2.91. The highest BCUT2D eigenvalue weighted by Gasteiger charge is 2.09. The van der Waals surface area contributed by atoms with Gasteiger partial charge in [0.05, 0.1) is 0 Å². The van der Waals surface area contributed by atoms with Gasteiger partial charge in [0.1, 0.15) is 17.3 Å². The molecule has 0 aliphatic carbocycles. The fourth-order valence-electron chi connectivity index (χ4n) is 1.81. The molecule has 7 heteroatoms. The Morgan fingerprint density at radius 2 is 2.25 bits per heavy atom. The first-order chi connectivity index (χ1) is 9.69. The first-order valence-corrected chi connectivity index (χ1v) is 6.85. The van der Waals surface area contributed by atoms with Crippen LogP contribution in [0.1, 0.15) is 35.2 Å². The monoisotopic (exact) mass is 293 g/mol. The third-order valence-corrected chi connectivity index (χ3v) is 2.92. The molecule has 0 spiro atoms. The minimum Gasteiger partial charge on any atom is -0.352 e. The fraction of sp³-hybridized carbons (Fsp3) is 0.385. The number of aromatic amines is 1. The van der Waals surface area contributed by atoms with Crippen molar-refractivity contribution in [2.75, 3.05) is 6.54 Å². The number of nitrogens with zero attached hydrogens (tertiary/aromatic N) is 3. The van der Waals surface area contributed by atoms with E-state index in [1.54, 1.807) is 12.1 Å². The number of hydrogen-bond donors (Lipinski definition) is 2. The first kappa shape index (κ1) is 14.5. The Bertz CT molecular complexity index is 570. The molecule has 6 nitrogen and oxygen atoms in total. The standard InChI is InChI=1S/C13H16ClN5O/c1-2-3-10-6-9(7-11(14)18-10)13(20)15-5-4-12-16-8-17-19-12/h6-8H,2-5H2,1H3,(H,15,20)(H,16,17,19). The molecule has 2 N–H and O–H groups in total. The summed E-state index contributed by atoms with van der Waals surface area (Å²) in [5, 5.41) is 9.65. The van der Waals surface area contributed by atoms with E-state index >= 15 is 0 Å². The molecule has 0 bridgehead atoms. The fourth-order valence-corrected chi connectivity index (χ4v) is 2.04. The number of aromatic nitrogens is 4. The summed E-state index contributed by atoms with van der Waals surface area (Å²) in [5.41, 5.74) is 1.37. The Balaban J connectivity index is 1.94. The molecule has 0 unspecified atom stereocenters. The van der Waals surface area contributed by atoms with E-state index in [4.69, 9.17) is 11.6 Å². The van der Waals surface area contributed by atoms with Crippen molar-refractivity contribution in [2.24, 2.45) is 0 Å². The van der Waals surface area contributed by atoms with Crippen LogP contribution in [-0.2, 0) is 12.8 Å². The molecule has 0 radical (unpaired) electrons. The van der Waals surface area contributed by atoms with E-state index in [1.165, 1.54) is 6.33 Å². The Morgan fingerprint density at radius 1 is 1.40 bits per heavy atom. The molecule has 0 aromatic carbocycles. The molecule has 0 fully saturated rings. The van der Waals surface area contributed by atoms with Gasteiger partial charge in [0, 0.05) is 24.2 Å². The lowest BCUT2D eigenvalue weighted by molar-refractivity contribution is 0.0953. The molecule has 0 aliphatic rings. The Hall–Kier alpha value is -1.95. The topological polar surface area (TPSA) is 83.6 Å². The van der Waals surface area contributed by atoms with Gasteiger partial charge in [-0.15, -0.1) is 0 Å². The van der Waals surface area contributed by atoms with Gasteiger partial charge in [0.2, 0.25) is 0 Å². The second-order valence-electron chi connectivity index (χ2n) is 4.36. The Kier molecular flexibility index (Phi) is 5.06. The summed E-state index contributed by atoms with van der Waals surface area (Å²) in [6.07, 6.45) is 3.81. The number of nitrogens with one attached hydrogen (secondary N) is 2. The molecule has 2 heterocycles. The zero-order valence-corrected chi connectivity index (χ0v) is 11.9. The summed E-state index contributed by atoms with van der Waals surface area (Å²) in [4.78, 5) is 20.2. The zero-order chi connectivity index (χ0) is 14.4. The van der Waals surface area contributed by atoms with Crippen LogP contribution in [0.5, 0.6) is 0 Å². The number of carbonyl (C=O) groups is 1. The number of hydrogen-bond acceptors (Lipinski definition) is 4. The van der Waals surface area contributed by atoms with Crippen LogP contribution in [-0.4, -0.2) is 32.6 Å². The van der Waals surface area contributed by atoms with Crippen LogP contribution in [0.15, 0.2) is 18.5 Å². The molecule has 1 amide bonds. The first-order valence-electron chi connectivity index (χ1n) is 6.48. The van der Waals surface area contributed by atoms with E-state index in [2.05, 4.69) is 32.4 Å². The van der Waals surface area contributed by atoms with Gasteiger partial charge < -0.3 is 5.32 Å². The van der Waals surface area contributed by atoms with Crippen molar-refractivity contribution in [2.45, 2.75) is 26.2 Å². The Labute approximate surface area is 122 Å². The highest BCUT2D eigenvalue weighted by molar-refractivity contribution is 6.29. The molecule has 2 rings (SSSR count). The van der Waals surface area contributed by atoms with Crippen LogP contribution >= 0.6 is 11.6 Å². The van der Waals surface area contributed by atoms with Crippen molar-refractivity contribution in [1.82, 2.24) is 25.5 Å². The second kappa shape index (κ2) is 7.00. The number of H-pyrrole nitrogens is 1. The van der Waals surface area contributed by atoms with Gasteiger partial charge in [-0.3, -0.25) is 9.89 Å². The van der Waals surface area contributed by atoms with Gasteiger partial charge in [-0.2, -0.15) is 5.10 Å². The molecule has 2 aromatic rings. The number of amides is 1. The predicted molar refractivity (Wildman–Crippen MR) is 75.7 cm³/mol. The third-order valence-electron chi connectivity index (χ3n) is 2.73. The van der Waals surface area contributed by atoms with Gasteiger partial charge in [-0.1, -0.05) is 24.9 Å². The SMILES string of the molecule is CCCc1cc(C(=O)NCCc2ncn[nH]2)cc(Cl)n1. The number of pyridine rings is 1. The summed E-state index contributed by atoms with van der Waals surface area (Å²) >= 11 is 5.93. The molecular formula is C13H16ClN5O. The number of rotatable bonds is 6. The summed E-state index contributed by atoms with van der Waals surface area (Å²) in [6, 6.07) is 3.35. The highest BCUT2D eigenvalue weighted by atomic mass is 35.5. The normalized spacial score (nSPS) is 10.5. The molecular weight excluding hydrogens is 278 g/mol. The van der Waals surface area contributed by atoms with Crippen LogP contribution in [0.4, 0.5) is 0 Å². The largest absolute Gasteiger partial charge is 0.352 e. The van der Waals surface area contributed by atoms with E-state index in [-0.39, 0.29) is 5.91 Å². The average molecular weight is 294 g/mol. The number of carbonyl (C=O) groups excluding carboxylic acids is 1. The van der Waals surface area contributed by atoms with E-state index in [1.807, 2.05) is 0 Å². The van der Waals surface area contributed by atoms with E-state index in [0.29, 0.717) is 23.7 Å². The van der Waals surface area contributed by atoms with Crippen molar-refractivity contribution >= 4 is 17.5 Å². The van der Waals surface area contributed by atoms with E-state index in [0.717, 1.165) is 24.4 Å². The molecule has 106 valence electrons. The maximum Gasteiger partial charge on any atom is 0.251 e. The molecule has 0 saturated carbocycles. The number of aryl methyl sites for hydroxylation is 1. The molecule has 0 saturated heterocycles. The van der Waals surface area contributed by atoms with E-state index < -0.39 is 0 Å². The van der Waals surface area contributed by atoms with Gasteiger partial charge in [0.15, 0.2) is 0 Å². The van der Waals surface area contributed by atoms with Crippen LogP contribution in [0.25, 0.3) is 0 Å². The summed E-state index contributed by atoms with van der Waals surface area (Å²) in [5.74, 6) is 0.580. The minimum atomic E-state index is -0.161. The van der Waals surface area contributed by atoms with Crippen molar-refractivity contribution < 1.29 is 4.79 Å². The number of halogens is 1. The molecule has 0 atom stereocenters. The predicted octanol–water partition coefficient (Wildman–Crippen LogP) is 1.78. The van der Waals surface area contributed by atoms with Crippen molar-refractivity contribution in [1.29, 1.82) is 0 Å². The maximum absolute atomic E-state index is 12.0. The van der Waals surface area contributed by atoms with E-state index in [9.17, 15) is 4.79 Å². The zero-order valence-electron chi connectivity index (χ0n) is 11.2. The van der Waals surface area contributed by atoms with Crippen molar-refractivity contribution in [3.8, 4) is 0 Å². The highest BCUT2D eigenvalue weighted by Crippen LogP contribution is 2.12. The summed E-state index contributed by atoms with van der Waals surface area (Å²) in [6.45, 7) is 2.54. The van der Waals surface area contributed by atoms with Crippen LogP contribution in [0.2, 0.25) is 5.15 Å². The second-order valence-corrected chi connectivity index (χ2v) is 4.75. The minimum absolute atomic E-state index is 0.161. The van der Waals surface area contributed by atoms with Gasteiger partial charge >= 0.3 is 0 Å². The van der Waals surface area contributed by atoms with Gasteiger partial charge in [0.25, 0.3) is 5.91 Å². The van der Waals surface area contributed by atoms with Crippen LogP contribution < -0.4 is 5.32 Å². The Morgan fingerprint density at radius 3 is 2.95 bits per heavy atom. The van der Waals surface area contributed by atoms with Gasteiger partial charge in [-0.25, -0.2) is 9.97 Å². The van der Waals surface area contributed by atoms with Crippen molar-refractivity contribution in [3.05, 3.63) is 40.7 Å². The third kappa shape index (κ3) is 4.03. The maximum atomic E-state index is 12.0. The van der Waals surface area contributed by atoms with Crippen molar-refractivity contribution in [3.63, 3.8) is 0 Å². The quantitative estimate of drug-likeness (QED) is 0.795. The summed E-state index contributed by atoms with van der Waals surface area (Å²) in [7, 11) is 0. The molecule has 2 aromatic heterocycles.